The van der Waals surface area contributed by atoms with Gasteiger partial charge in [-0.05, 0) is 28.1 Å². The van der Waals surface area contributed by atoms with E-state index in [0.29, 0.717) is 0 Å². The fourth-order valence-electron chi connectivity index (χ4n) is 1.73. The van der Waals surface area contributed by atoms with Gasteiger partial charge >= 0.3 is 0 Å². The maximum atomic E-state index is 4.42. The molecule has 17 heavy (non-hydrogen) atoms. The standard InChI is InChI=1S/C13H8BrN3/c14-13-11(7-15-8-17-13)10-5-9-3-1-2-4-12(9)16-6-10/h1-8H. The van der Waals surface area contributed by atoms with E-state index in [-0.39, 0.29) is 0 Å². The molecule has 0 aliphatic carbocycles. The molecule has 0 bridgehead atoms. The maximum Gasteiger partial charge on any atom is 0.117 e. The van der Waals surface area contributed by atoms with Crippen LogP contribution in [0.25, 0.3) is 22.0 Å². The summed E-state index contributed by atoms with van der Waals surface area (Å²) in [6.45, 7) is 0. The number of pyridine rings is 1. The summed E-state index contributed by atoms with van der Waals surface area (Å²) in [6, 6.07) is 10.1. The van der Waals surface area contributed by atoms with Crippen LogP contribution in [-0.4, -0.2) is 15.0 Å². The van der Waals surface area contributed by atoms with Gasteiger partial charge in [0, 0.05) is 28.9 Å². The second kappa shape index (κ2) is 4.22. The summed E-state index contributed by atoms with van der Waals surface area (Å²) < 4.78 is 0.782. The number of hydrogen-bond acceptors (Lipinski definition) is 3. The van der Waals surface area contributed by atoms with E-state index in [2.05, 4.69) is 36.9 Å². The topological polar surface area (TPSA) is 38.7 Å². The molecule has 0 N–H and O–H groups in total. The minimum absolute atomic E-state index is 0.782. The van der Waals surface area contributed by atoms with Crippen LogP contribution in [0.2, 0.25) is 0 Å². The predicted octanol–water partition coefficient (Wildman–Crippen LogP) is 3.45. The lowest BCUT2D eigenvalue weighted by atomic mass is 10.1. The highest BCUT2D eigenvalue weighted by Gasteiger charge is 2.05. The van der Waals surface area contributed by atoms with Crippen molar-refractivity contribution in [3.63, 3.8) is 0 Å². The first-order valence-corrected chi connectivity index (χ1v) is 5.94. The molecule has 3 aromatic rings. The number of nitrogens with zero attached hydrogens (tertiary/aromatic N) is 3. The van der Waals surface area contributed by atoms with Gasteiger partial charge in [-0.3, -0.25) is 4.98 Å². The van der Waals surface area contributed by atoms with Crippen molar-refractivity contribution in [3.05, 3.63) is 53.7 Å². The first kappa shape index (κ1) is 10.4. The Morgan fingerprint density at radius 2 is 1.88 bits per heavy atom. The lowest BCUT2D eigenvalue weighted by Gasteiger charge is -2.04. The van der Waals surface area contributed by atoms with Crippen LogP contribution >= 0.6 is 15.9 Å². The van der Waals surface area contributed by atoms with Crippen molar-refractivity contribution < 1.29 is 0 Å². The van der Waals surface area contributed by atoms with E-state index in [0.717, 1.165) is 26.6 Å². The summed E-state index contributed by atoms with van der Waals surface area (Å²) in [4.78, 5) is 12.6. The number of hydrogen-bond donors (Lipinski definition) is 0. The second-order valence-corrected chi connectivity index (χ2v) is 4.40. The molecule has 0 saturated carbocycles. The molecule has 82 valence electrons. The van der Waals surface area contributed by atoms with E-state index in [1.807, 2.05) is 30.5 Å². The van der Waals surface area contributed by atoms with Crippen LogP contribution in [0.1, 0.15) is 0 Å². The van der Waals surface area contributed by atoms with Gasteiger partial charge in [-0.15, -0.1) is 0 Å². The molecule has 0 aliphatic rings. The van der Waals surface area contributed by atoms with Crippen molar-refractivity contribution in [2.45, 2.75) is 0 Å². The Hall–Kier alpha value is -1.81. The molecule has 4 heteroatoms. The molecule has 0 aliphatic heterocycles. The average Bonchev–Trinajstić information content (AvgIpc) is 2.39. The van der Waals surface area contributed by atoms with Gasteiger partial charge in [-0.25, -0.2) is 9.97 Å². The fraction of sp³-hybridized carbons (Fsp3) is 0. The lowest BCUT2D eigenvalue weighted by molar-refractivity contribution is 1.14. The molecule has 2 heterocycles. The van der Waals surface area contributed by atoms with Crippen LogP contribution in [0.3, 0.4) is 0 Å². The Morgan fingerprint density at radius 3 is 2.76 bits per heavy atom. The highest BCUT2D eigenvalue weighted by molar-refractivity contribution is 9.10. The van der Waals surface area contributed by atoms with Crippen LogP contribution in [-0.2, 0) is 0 Å². The third kappa shape index (κ3) is 1.91. The van der Waals surface area contributed by atoms with Crippen LogP contribution in [0.4, 0.5) is 0 Å². The SMILES string of the molecule is Brc1ncncc1-c1cnc2ccccc2c1. The van der Waals surface area contributed by atoms with Gasteiger partial charge in [0.1, 0.15) is 10.9 Å². The van der Waals surface area contributed by atoms with E-state index in [4.69, 9.17) is 0 Å². The molecule has 0 radical (unpaired) electrons. The third-order valence-electron chi connectivity index (χ3n) is 2.57. The van der Waals surface area contributed by atoms with Gasteiger partial charge < -0.3 is 0 Å². The van der Waals surface area contributed by atoms with E-state index in [1.54, 1.807) is 6.20 Å². The normalized spacial score (nSPS) is 10.6. The first-order chi connectivity index (χ1) is 8.34. The van der Waals surface area contributed by atoms with Crippen molar-refractivity contribution in [2.75, 3.05) is 0 Å². The molecule has 0 spiro atoms. The average molecular weight is 286 g/mol. The predicted molar refractivity (Wildman–Crippen MR) is 70.5 cm³/mol. The number of rotatable bonds is 1. The van der Waals surface area contributed by atoms with Crippen LogP contribution in [0.15, 0.2) is 53.7 Å². The molecular formula is C13H8BrN3. The summed E-state index contributed by atoms with van der Waals surface area (Å²) in [5.74, 6) is 0. The van der Waals surface area contributed by atoms with Crippen LogP contribution in [0.5, 0.6) is 0 Å². The van der Waals surface area contributed by atoms with E-state index >= 15 is 0 Å². The number of benzene rings is 1. The summed E-state index contributed by atoms with van der Waals surface area (Å²) in [6.07, 6.45) is 5.14. The zero-order valence-corrected chi connectivity index (χ0v) is 10.4. The maximum absolute atomic E-state index is 4.42. The second-order valence-electron chi connectivity index (χ2n) is 3.64. The van der Waals surface area contributed by atoms with Gasteiger partial charge in [-0.1, -0.05) is 18.2 Å². The Balaban J connectivity index is 2.22. The van der Waals surface area contributed by atoms with Gasteiger partial charge in [-0.2, -0.15) is 0 Å². The minimum atomic E-state index is 0.782. The number of halogens is 1. The molecule has 0 atom stereocenters. The van der Waals surface area contributed by atoms with Gasteiger partial charge in [0.15, 0.2) is 0 Å². The Morgan fingerprint density at radius 1 is 1.00 bits per heavy atom. The van der Waals surface area contributed by atoms with Gasteiger partial charge in [0.05, 0.1) is 5.52 Å². The molecule has 0 unspecified atom stereocenters. The molecule has 3 rings (SSSR count). The largest absolute Gasteiger partial charge is 0.256 e. The third-order valence-corrected chi connectivity index (χ3v) is 3.20. The number of para-hydroxylation sites is 1. The smallest absolute Gasteiger partial charge is 0.117 e. The van der Waals surface area contributed by atoms with Crippen LogP contribution < -0.4 is 0 Å². The molecule has 0 amide bonds. The number of fused-ring (bicyclic) bond motifs is 1. The Bertz CT molecular complexity index is 682. The van der Waals surface area contributed by atoms with Crippen LogP contribution in [0, 0.1) is 0 Å². The molecule has 1 aromatic carbocycles. The van der Waals surface area contributed by atoms with E-state index in [9.17, 15) is 0 Å². The van der Waals surface area contributed by atoms with Crippen molar-refractivity contribution in [3.8, 4) is 11.1 Å². The van der Waals surface area contributed by atoms with Crippen molar-refractivity contribution in [1.82, 2.24) is 15.0 Å². The van der Waals surface area contributed by atoms with Crippen molar-refractivity contribution >= 4 is 26.8 Å². The highest BCUT2D eigenvalue weighted by Crippen LogP contribution is 2.26. The van der Waals surface area contributed by atoms with Gasteiger partial charge in [0.2, 0.25) is 0 Å². The highest BCUT2D eigenvalue weighted by atomic mass is 79.9. The minimum Gasteiger partial charge on any atom is -0.256 e. The monoisotopic (exact) mass is 285 g/mol. The quantitative estimate of drug-likeness (QED) is 0.643. The summed E-state index contributed by atoms with van der Waals surface area (Å²) in [7, 11) is 0. The van der Waals surface area contributed by atoms with Crippen molar-refractivity contribution in [2.24, 2.45) is 0 Å². The zero-order chi connectivity index (χ0) is 11.7. The summed E-state index contributed by atoms with van der Waals surface area (Å²) >= 11 is 3.42. The van der Waals surface area contributed by atoms with Gasteiger partial charge in [0.25, 0.3) is 0 Å². The van der Waals surface area contributed by atoms with Crippen molar-refractivity contribution in [1.29, 1.82) is 0 Å². The number of aromatic nitrogens is 3. The summed E-state index contributed by atoms with van der Waals surface area (Å²) in [5.41, 5.74) is 2.95. The molecule has 3 nitrogen and oxygen atoms in total. The molecular weight excluding hydrogens is 278 g/mol. The Kier molecular flexibility index (Phi) is 2.57. The molecule has 0 saturated heterocycles. The van der Waals surface area contributed by atoms with E-state index < -0.39 is 0 Å². The summed E-state index contributed by atoms with van der Waals surface area (Å²) in [5, 5.41) is 1.11. The molecule has 2 aromatic heterocycles. The lowest BCUT2D eigenvalue weighted by Crippen LogP contribution is -1.87. The Labute approximate surface area is 107 Å². The first-order valence-electron chi connectivity index (χ1n) is 5.15. The molecule has 0 fully saturated rings. The fourth-order valence-corrected chi connectivity index (χ4v) is 2.15. The van der Waals surface area contributed by atoms with E-state index in [1.165, 1.54) is 6.33 Å². The zero-order valence-electron chi connectivity index (χ0n) is 8.84.